The number of H-pyrrole nitrogens is 1. The summed E-state index contributed by atoms with van der Waals surface area (Å²) in [7, 11) is 1.67. The fourth-order valence-electron chi connectivity index (χ4n) is 2.02. The normalized spacial score (nSPS) is 10.7. The number of methoxy groups -OCH3 is 1. The van der Waals surface area contributed by atoms with Crippen molar-refractivity contribution in [3.63, 3.8) is 0 Å². The van der Waals surface area contributed by atoms with Gasteiger partial charge in [0, 0.05) is 6.54 Å². The molecule has 6 heteroatoms. The Kier molecular flexibility index (Phi) is 3.45. The molecule has 3 rings (SSSR count). The number of aromatic amines is 1. The molecule has 2 N–H and O–H groups in total. The predicted molar refractivity (Wildman–Crippen MR) is 76.9 cm³/mol. The van der Waals surface area contributed by atoms with Crippen molar-refractivity contribution in [1.82, 2.24) is 20.2 Å². The number of benzene rings is 1. The molecule has 2 heterocycles. The van der Waals surface area contributed by atoms with Crippen molar-refractivity contribution in [3.8, 4) is 5.75 Å². The van der Waals surface area contributed by atoms with Crippen LogP contribution < -0.4 is 10.1 Å². The van der Waals surface area contributed by atoms with E-state index < -0.39 is 0 Å². The second kappa shape index (κ2) is 5.56. The molecule has 2 aromatic heterocycles. The summed E-state index contributed by atoms with van der Waals surface area (Å²) in [6.45, 7) is 0.795. The van der Waals surface area contributed by atoms with Crippen LogP contribution in [0.15, 0.2) is 36.8 Å². The fraction of sp³-hybridized carbons (Fsp3) is 0.214. The molecule has 0 saturated heterocycles. The first kappa shape index (κ1) is 12.4. The van der Waals surface area contributed by atoms with Gasteiger partial charge in [-0.2, -0.15) is 5.10 Å². The average molecular weight is 269 g/mol. The van der Waals surface area contributed by atoms with E-state index in [9.17, 15) is 0 Å². The van der Waals surface area contributed by atoms with Gasteiger partial charge in [-0.25, -0.2) is 9.97 Å². The summed E-state index contributed by atoms with van der Waals surface area (Å²) in [6.07, 6.45) is 4.16. The van der Waals surface area contributed by atoms with Crippen LogP contribution in [-0.4, -0.2) is 33.8 Å². The molecule has 20 heavy (non-hydrogen) atoms. The van der Waals surface area contributed by atoms with Gasteiger partial charge in [0.05, 0.1) is 18.7 Å². The minimum Gasteiger partial charge on any atom is -0.497 e. The van der Waals surface area contributed by atoms with E-state index in [2.05, 4.69) is 37.6 Å². The molecule has 3 aromatic rings. The molecule has 0 unspecified atom stereocenters. The van der Waals surface area contributed by atoms with E-state index in [4.69, 9.17) is 4.74 Å². The molecule has 1 aromatic carbocycles. The second-order valence-corrected chi connectivity index (χ2v) is 4.38. The topological polar surface area (TPSA) is 75.7 Å². The largest absolute Gasteiger partial charge is 0.497 e. The highest BCUT2D eigenvalue weighted by molar-refractivity contribution is 5.85. The average Bonchev–Trinajstić information content (AvgIpc) is 2.97. The summed E-state index contributed by atoms with van der Waals surface area (Å²) >= 11 is 0. The number of aromatic nitrogens is 4. The Morgan fingerprint density at radius 3 is 2.85 bits per heavy atom. The van der Waals surface area contributed by atoms with Gasteiger partial charge >= 0.3 is 0 Å². The van der Waals surface area contributed by atoms with E-state index in [1.54, 1.807) is 13.3 Å². The summed E-state index contributed by atoms with van der Waals surface area (Å²) in [5, 5.41) is 11.0. The summed E-state index contributed by atoms with van der Waals surface area (Å²) in [4.78, 5) is 8.34. The molecule has 0 aliphatic carbocycles. The monoisotopic (exact) mass is 269 g/mol. The smallest absolute Gasteiger partial charge is 0.160 e. The van der Waals surface area contributed by atoms with Gasteiger partial charge in [0.1, 0.15) is 17.9 Å². The lowest BCUT2D eigenvalue weighted by Crippen LogP contribution is -2.06. The number of nitrogens with one attached hydrogen (secondary N) is 2. The van der Waals surface area contributed by atoms with Gasteiger partial charge < -0.3 is 10.1 Å². The first-order valence-electron chi connectivity index (χ1n) is 6.37. The standard InChI is InChI=1S/C14H15N5O/c1-20-11-4-2-10(3-5-11)6-7-15-13-12-8-18-19-14(12)17-9-16-13/h2-5,8-9H,6-7H2,1H3,(H2,15,16,17,18,19). The molecule has 0 radical (unpaired) electrons. The second-order valence-electron chi connectivity index (χ2n) is 4.38. The Balaban J connectivity index is 1.63. The quantitative estimate of drug-likeness (QED) is 0.741. The highest BCUT2D eigenvalue weighted by atomic mass is 16.5. The van der Waals surface area contributed by atoms with E-state index in [0.29, 0.717) is 0 Å². The lowest BCUT2D eigenvalue weighted by molar-refractivity contribution is 0.414. The molecule has 0 bridgehead atoms. The Bertz CT molecular complexity index is 692. The number of nitrogens with zero attached hydrogens (tertiary/aromatic N) is 3. The van der Waals surface area contributed by atoms with Crippen molar-refractivity contribution in [2.45, 2.75) is 6.42 Å². The summed E-state index contributed by atoms with van der Waals surface area (Å²) in [6, 6.07) is 8.06. The molecular weight excluding hydrogens is 254 g/mol. The van der Waals surface area contributed by atoms with Crippen LogP contribution in [0.3, 0.4) is 0 Å². The van der Waals surface area contributed by atoms with Crippen LogP contribution in [0.5, 0.6) is 5.75 Å². The van der Waals surface area contributed by atoms with Crippen molar-refractivity contribution in [3.05, 3.63) is 42.4 Å². The first-order chi connectivity index (χ1) is 9.86. The van der Waals surface area contributed by atoms with Gasteiger partial charge in [-0.15, -0.1) is 0 Å². The minimum atomic E-state index is 0.743. The third-order valence-corrected chi connectivity index (χ3v) is 3.11. The van der Waals surface area contributed by atoms with Gasteiger partial charge in [0.15, 0.2) is 5.65 Å². The number of fused-ring (bicyclic) bond motifs is 1. The maximum atomic E-state index is 5.14. The molecule has 0 aliphatic rings. The molecule has 0 amide bonds. The third kappa shape index (κ3) is 2.54. The van der Waals surface area contributed by atoms with Crippen molar-refractivity contribution >= 4 is 16.9 Å². The Hall–Kier alpha value is -2.63. The molecule has 0 aliphatic heterocycles. The maximum absolute atomic E-state index is 5.14. The Labute approximate surface area is 116 Å². The van der Waals surface area contributed by atoms with Gasteiger partial charge in [-0.05, 0) is 24.1 Å². The van der Waals surface area contributed by atoms with E-state index in [-0.39, 0.29) is 0 Å². The van der Waals surface area contributed by atoms with Crippen LogP contribution in [0, 0.1) is 0 Å². The lowest BCUT2D eigenvalue weighted by Gasteiger charge is -2.06. The summed E-state index contributed by atoms with van der Waals surface area (Å²) in [5.74, 6) is 1.68. The fourth-order valence-corrected chi connectivity index (χ4v) is 2.02. The lowest BCUT2D eigenvalue weighted by atomic mass is 10.1. The molecule has 0 fully saturated rings. The van der Waals surface area contributed by atoms with Crippen molar-refractivity contribution in [2.75, 3.05) is 19.0 Å². The molecule has 0 saturated carbocycles. The van der Waals surface area contributed by atoms with E-state index in [1.165, 1.54) is 11.9 Å². The number of hydrogen-bond acceptors (Lipinski definition) is 5. The van der Waals surface area contributed by atoms with Crippen LogP contribution in [0.1, 0.15) is 5.56 Å². The van der Waals surface area contributed by atoms with Crippen molar-refractivity contribution in [2.24, 2.45) is 0 Å². The highest BCUT2D eigenvalue weighted by Gasteiger charge is 2.04. The maximum Gasteiger partial charge on any atom is 0.160 e. The van der Waals surface area contributed by atoms with Crippen LogP contribution in [0.2, 0.25) is 0 Å². The third-order valence-electron chi connectivity index (χ3n) is 3.11. The van der Waals surface area contributed by atoms with Gasteiger partial charge in [-0.1, -0.05) is 12.1 Å². The zero-order valence-corrected chi connectivity index (χ0v) is 11.1. The van der Waals surface area contributed by atoms with Crippen molar-refractivity contribution in [1.29, 1.82) is 0 Å². The molecule has 102 valence electrons. The Morgan fingerprint density at radius 1 is 1.20 bits per heavy atom. The zero-order valence-electron chi connectivity index (χ0n) is 11.1. The number of anilines is 1. The van der Waals surface area contributed by atoms with Crippen LogP contribution in [0.4, 0.5) is 5.82 Å². The minimum absolute atomic E-state index is 0.743. The van der Waals surface area contributed by atoms with Gasteiger partial charge in [0.25, 0.3) is 0 Å². The number of ether oxygens (including phenoxy) is 1. The van der Waals surface area contributed by atoms with E-state index in [0.717, 1.165) is 35.6 Å². The summed E-state index contributed by atoms with van der Waals surface area (Å²) < 4.78 is 5.14. The van der Waals surface area contributed by atoms with Crippen LogP contribution in [-0.2, 0) is 6.42 Å². The molecule has 0 spiro atoms. The first-order valence-corrected chi connectivity index (χ1v) is 6.37. The Morgan fingerprint density at radius 2 is 2.05 bits per heavy atom. The summed E-state index contributed by atoms with van der Waals surface area (Å²) in [5.41, 5.74) is 1.99. The van der Waals surface area contributed by atoms with Crippen LogP contribution >= 0.6 is 0 Å². The predicted octanol–water partition coefficient (Wildman–Crippen LogP) is 2.02. The SMILES string of the molecule is COc1ccc(CCNc2ncnc3[nH]ncc23)cc1. The number of hydrogen-bond donors (Lipinski definition) is 2. The molecule has 6 nitrogen and oxygen atoms in total. The van der Waals surface area contributed by atoms with Gasteiger partial charge in [-0.3, -0.25) is 5.10 Å². The van der Waals surface area contributed by atoms with Crippen molar-refractivity contribution < 1.29 is 4.74 Å². The van der Waals surface area contributed by atoms with E-state index >= 15 is 0 Å². The molecule has 0 atom stereocenters. The number of rotatable bonds is 5. The van der Waals surface area contributed by atoms with Crippen LogP contribution in [0.25, 0.3) is 11.0 Å². The molecular formula is C14H15N5O. The van der Waals surface area contributed by atoms with E-state index in [1.807, 2.05) is 12.1 Å². The van der Waals surface area contributed by atoms with Gasteiger partial charge in [0.2, 0.25) is 0 Å². The zero-order chi connectivity index (χ0) is 13.8. The highest BCUT2D eigenvalue weighted by Crippen LogP contribution is 2.16.